The lowest BCUT2D eigenvalue weighted by molar-refractivity contribution is -0.126. The summed E-state index contributed by atoms with van der Waals surface area (Å²) in [5, 5.41) is 7.11. The molecule has 38 heavy (non-hydrogen) atoms. The molecule has 2 N–H and O–H groups in total. The molecule has 0 saturated carbocycles. The van der Waals surface area contributed by atoms with E-state index in [2.05, 4.69) is 22.8 Å². The Morgan fingerprint density at radius 3 is 2.34 bits per heavy atom. The Morgan fingerprint density at radius 1 is 0.895 bits per heavy atom. The number of carbonyl (C=O) groups is 3. The van der Waals surface area contributed by atoms with Crippen molar-refractivity contribution in [2.75, 3.05) is 13.2 Å². The first-order valence-electron chi connectivity index (χ1n) is 12.9. The van der Waals surface area contributed by atoms with Gasteiger partial charge in [0.25, 0.3) is 5.91 Å². The molecule has 2 aromatic rings. The molecule has 0 spiro atoms. The molecule has 0 aliphatic heterocycles. The molecule has 10 heteroatoms. The first kappa shape index (κ1) is 31.1. The third-order valence-corrected chi connectivity index (χ3v) is 6.03. The van der Waals surface area contributed by atoms with E-state index in [4.69, 9.17) is 32.7 Å². The van der Waals surface area contributed by atoms with Crippen LogP contribution in [-0.2, 0) is 9.59 Å². The molecule has 0 fully saturated rings. The summed E-state index contributed by atoms with van der Waals surface area (Å²) in [5.74, 6) is -0.726. The minimum absolute atomic E-state index is 0.149. The van der Waals surface area contributed by atoms with Crippen molar-refractivity contribution in [3.8, 4) is 11.5 Å². The highest BCUT2D eigenvalue weighted by Gasteiger charge is 2.16. The molecule has 0 heterocycles. The summed E-state index contributed by atoms with van der Waals surface area (Å²) in [7, 11) is 0. The number of carbonyl (C=O) groups excluding carboxylic acids is 3. The maximum Gasteiger partial charge on any atom is 0.345 e. The summed E-state index contributed by atoms with van der Waals surface area (Å²) in [6.07, 6.45) is 9.72. The second kappa shape index (κ2) is 17.4. The molecule has 0 aliphatic rings. The molecule has 2 amide bonds. The molecule has 0 bridgehead atoms. The minimum Gasteiger partial charge on any atom is -0.490 e. The van der Waals surface area contributed by atoms with Gasteiger partial charge in [0.1, 0.15) is 0 Å². The van der Waals surface area contributed by atoms with E-state index in [1.807, 2.05) is 0 Å². The van der Waals surface area contributed by atoms with Gasteiger partial charge < -0.3 is 14.8 Å². The van der Waals surface area contributed by atoms with Crippen LogP contribution in [0.25, 0.3) is 0 Å². The zero-order valence-electron chi connectivity index (χ0n) is 21.9. The third kappa shape index (κ3) is 11.5. The topological polar surface area (TPSA) is 106 Å². The molecule has 0 aliphatic carbocycles. The van der Waals surface area contributed by atoms with Gasteiger partial charge in [0.2, 0.25) is 5.91 Å². The predicted molar refractivity (Wildman–Crippen MR) is 150 cm³/mol. The molecule has 206 valence electrons. The first-order chi connectivity index (χ1) is 18.3. The third-order valence-electron chi connectivity index (χ3n) is 5.48. The van der Waals surface area contributed by atoms with Crippen LogP contribution in [0.1, 0.15) is 81.1 Å². The fourth-order valence-corrected chi connectivity index (χ4v) is 3.98. The average molecular weight is 565 g/mol. The van der Waals surface area contributed by atoms with Crippen LogP contribution in [0.5, 0.6) is 11.5 Å². The Kier molecular flexibility index (Phi) is 14.3. The fourth-order valence-electron chi connectivity index (χ4n) is 3.50. The largest absolute Gasteiger partial charge is 0.490 e. The number of hydrazone groups is 1. The molecule has 0 saturated heterocycles. The zero-order chi connectivity index (χ0) is 27.8. The lowest BCUT2D eigenvalue weighted by Crippen LogP contribution is -2.34. The van der Waals surface area contributed by atoms with Crippen LogP contribution in [0.2, 0.25) is 10.0 Å². The van der Waals surface area contributed by atoms with E-state index in [1.165, 1.54) is 44.0 Å². The summed E-state index contributed by atoms with van der Waals surface area (Å²) in [6.45, 7) is 4.16. The summed E-state index contributed by atoms with van der Waals surface area (Å²) < 4.78 is 11.1. The second-order valence-electron chi connectivity index (χ2n) is 8.59. The molecular formula is C28H35Cl2N3O5. The van der Waals surface area contributed by atoms with E-state index in [0.717, 1.165) is 19.3 Å². The Labute approximate surface area is 234 Å². The van der Waals surface area contributed by atoms with Crippen molar-refractivity contribution in [3.05, 3.63) is 57.6 Å². The van der Waals surface area contributed by atoms with Crippen LogP contribution >= 0.6 is 23.2 Å². The highest BCUT2D eigenvalue weighted by atomic mass is 35.5. The quantitative estimate of drug-likeness (QED) is 0.0816. The van der Waals surface area contributed by atoms with Crippen LogP contribution in [0.15, 0.2) is 41.5 Å². The molecule has 0 atom stereocenters. The lowest BCUT2D eigenvalue weighted by Gasteiger charge is -2.12. The number of hydrogen-bond acceptors (Lipinski definition) is 6. The van der Waals surface area contributed by atoms with Crippen LogP contribution in [0, 0.1) is 0 Å². The highest BCUT2D eigenvalue weighted by Crippen LogP contribution is 2.30. The van der Waals surface area contributed by atoms with Crippen molar-refractivity contribution in [2.45, 2.75) is 65.2 Å². The highest BCUT2D eigenvalue weighted by molar-refractivity contribution is 6.36. The zero-order valence-corrected chi connectivity index (χ0v) is 23.4. The first-order valence-corrected chi connectivity index (χ1v) is 13.6. The Bertz CT molecular complexity index is 1110. The fraction of sp³-hybridized carbons (Fsp3) is 0.429. The summed E-state index contributed by atoms with van der Waals surface area (Å²) in [5.41, 5.74) is 3.14. The van der Waals surface area contributed by atoms with E-state index in [9.17, 15) is 14.4 Å². The van der Waals surface area contributed by atoms with Crippen molar-refractivity contribution in [1.29, 1.82) is 0 Å². The van der Waals surface area contributed by atoms with Gasteiger partial charge in [0.05, 0.1) is 30.0 Å². The number of esters is 1. The Morgan fingerprint density at radius 2 is 1.63 bits per heavy atom. The van der Waals surface area contributed by atoms with Crippen LogP contribution < -0.4 is 20.2 Å². The van der Waals surface area contributed by atoms with Gasteiger partial charge in [-0.25, -0.2) is 10.2 Å². The van der Waals surface area contributed by atoms with E-state index in [-0.39, 0.29) is 28.8 Å². The van der Waals surface area contributed by atoms with E-state index in [1.54, 1.807) is 31.2 Å². The maximum absolute atomic E-state index is 12.6. The number of halogens is 2. The van der Waals surface area contributed by atoms with Gasteiger partial charge in [-0.3, -0.25) is 9.59 Å². The summed E-state index contributed by atoms with van der Waals surface area (Å²) >= 11 is 12.0. The molecule has 2 aromatic carbocycles. The number of unbranched alkanes of at least 4 members (excludes halogenated alkanes) is 6. The number of nitrogens with one attached hydrogen (secondary N) is 2. The van der Waals surface area contributed by atoms with Crippen molar-refractivity contribution in [2.24, 2.45) is 5.10 Å². The number of ether oxygens (including phenoxy) is 2. The van der Waals surface area contributed by atoms with Gasteiger partial charge in [0.15, 0.2) is 11.5 Å². The number of nitrogens with zero attached hydrogens (tertiary/aromatic N) is 1. The molecule has 2 rings (SSSR count). The van der Waals surface area contributed by atoms with Crippen LogP contribution in [0.3, 0.4) is 0 Å². The standard InChI is InChI=1S/C28H35Cl2N3O5/c1-3-5-6-7-8-9-10-11-26(34)31-19-27(35)33-32-18-20-12-15-24(25(16-20)37-4-2)38-28(36)22-14-13-21(29)17-23(22)30/h12-18H,3-11,19H2,1-2H3,(H,31,34)(H,33,35)/b32-18-. The van der Waals surface area contributed by atoms with Crippen molar-refractivity contribution in [3.63, 3.8) is 0 Å². The summed E-state index contributed by atoms with van der Waals surface area (Å²) in [4.78, 5) is 36.5. The van der Waals surface area contributed by atoms with Gasteiger partial charge in [0, 0.05) is 11.4 Å². The van der Waals surface area contributed by atoms with Crippen molar-refractivity contribution < 1.29 is 23.9 Å². The van der Waals surface area contributed by atoms with E-state index < -0.39 is 11.9 Å². The van der Waals surface area contributed by atoms with Gasteiger partial charge in [-0.1, -0.05) is 68.7 Å². The molecule has 0 unspecified atom stereocenters. The number of rotatable bonds is 16. The molecular weight excluding hydrogens is 529 g/mol. The molecule has 0 aromatic heterocycles. The van der Waals surface area contributed by atoms with Gasteiger partial charge in [-0.15, -0.1) is 0 Å². The monoisotopic (exact) mass is 563 g/mol. The van der Waals surface area contributed by atoms with Gasteiger partial charge >= 0.3 is 5.97 Å². The number of hydrogen-bond donors (Lipinski definition) is 2. The van der Waals surface area contributed by atoms with E-state index in [0.29, 0.717) is 29.4 Å². The van der Waals surface area contributed by atoms with Crippen molar-refractivity contribution in [1.82, 2.24) is 10.7 Å². The SMILES string of the molecule is CCCCCCCCCC(=O)NCC(=O)N/N=C\c1ccc(OC(=O)c2ccc(Cl)cc2Cl)c(OCC)c1. The molecule has 8 nitrogen and oxygen atoms in total. The number of benzene rings is 2. The maximum atomic E-state index is 12.6. The predicted octanol–water partition coefficient (Wildman–Crippen LogP) is 6.32. The normalized spacial score (nSPS) is 10.8. The van der Waals surface area contributed by atoms with Gasteiger partial charge in [-0.05, 0) is 55.3 Å². The van der Waals surface area contributed by atoms with E-state index >= 15 is 0 Å². The van der Waals surface area contributed by atoms with Crippen LogP contribution in [0.4, 0.5) is 0 Å². The Hall–Kier alpha value is -3.10. The minimum atomic E-state index is -0.657. The smallest absolute Gasteiger partial charge is 0.345 e. The average Bonchev–Trinajstić information content (AvgIpc) is 2.88. The van der Waals surface area contributed by atoms with Crippen molar-refractivity contribution >= 4 is 47.2 Å². The number of amides is 2. The van der Waals surface area contributed by atoms with Gasteiger partial charge in [-0.2, -0.15) is 5.10 Å². The second-order valence-corrected chi connectivity index (χ2v) is 9.44. The summed E-state index contributed by atoms with van der Waals surface area (Å²) in [6, 6.07) is 9.31. The lowest BCUT2D eigenvalue weighted by atomic mass is 10.1. The van der Waals surface area contributed by atoms with Crippen LogP contribution in [-0.4, -0.2) is 37.1 Å². The molecule has 0 radical (unpaired) electrons. The Balaban J connectivity index is 1.81.